The first-order valence-electron chi connectivity index (χ1n) is 5.89. The Balaban J connectivity index is 1.82. The molecule has 3 nitrogen and oxygen atoms in total. The number of hydrogen-bond acceptors (Lipinski definition) is 3. The highest BCUT2D eigenvalue weighted by molar-refractivity contribution is 7.10. The molecule has 0 aliphatic carbocycles. The van der Waals surface area contributed by atoms with Crippen LogP contribution in [-0.2, 0) is 6.54 Å². The van der Waals surface area contributed by atoms with Crippen LogP contribution in [0.3, 0.4) is 0 Å². The van der Waals surface area contributed by atoms with Crippen LogP contribution in [-0.4, -0.2) is 6.03 Å². The number of carbonyl (C=O) groups excluding carboxylic acids is 1. The van der Waals surface area contributed by atoms with Gasteiger partial charge in [-0.05, 0) is 29.3 Å². The Labute approximate surface area is 115 Å². The van der Waals surface area contributed by atoms with E-state index < -0.39 is 0 Å². The van der Waals surface area contributed by atoms with Crippen molar-refractivity contribution in [3.05, 3.63) is 44.8 Å². The molecule has 2 N–H and O–H groups in total. The fourth-order valence-electron chi connectivity index (χ4n) is 1.65. The fourth-order valence-corrected chi connectivity index (χ4v) is 3.16. The summed E-state index contributed by atoms with van der Waals surface area (Å²) >= 11 is 3.32. The third-order valence-corrected chi connectivity index (χ3v) is 4.47. The van der Waals surface area contributed by atoms with Crippen LogP contribution < -0.4 is 10.6 Å². The van der Waals surface area contributed by atoms with E-state index in [2.05, 4.69) is 23.6 Å². The molecule has 2 heterocycles. The molecule has 5 heteroatoms. The number of carbonyl (C=O) groups is 1. The van der Waals surface area contributed by atoms with E-state index in [1.165, 1.54) is 4.88 Å². The van der Waals surface area contributed by atoms with Crippen molar-refractivity contribution in [3.63, 3.8) is 0 Å². The van der Waals surface area contributed by atoms with Gasteiger partial charge < -0.3 is 10.6 Å². The van der Waals surface area contributed by atoms with Crippen molar-refractivity contribution in [1.82, 2.24) is 10.6 Å². The average Bonchev–Trinajstić information content (AvgIpc) is 3.05. The van der Waals surface area contributed by atoms with E-state index in [9.17, 15) is 4.79 Å². The van der Waals surface area contributed by atoms with Crippen molar-refractivity contribution in [2.45, 2.75) is 25.9 Å². The molecule has 0 aliphatic heterocycles. The predicted molar refractivity (Wildman–Crippen MR) is 77.0 cm³/mol. The Morgan fingerprint density at radius 1 is 1.28 bits per heavy atom. The number of nitrogens with one attached hydrogen (secondary N) is 2. The zero-order chi connectivity index (χ0) is 12.8. The summed E-state index contributed by atoms with van der Waals surface area (Å²) in [6, 6.07) is 8.06. The summed E-state index contributed by atoms with van der Waals surface area (Å²) in [6.45, 7) is 2.66. The molecule has 2 aromatic heterocycles. The first-order valence-corrected chi connectivity index (χ1v) is 7.65. The fraction of sp³-hybridized carbons (Fsp3) is 0.308. The summed E-state index contributed by atoms with van der Waals surface area (Å²) in [4.78, 5) is 14.1. The third-order valence-electron chi connectivity index (χ3n) is 2.60. The maximum absolute atomic E-state index is 11.8. The molecule has 0 aromatic carbocycles. The van der Waals surface area contributed by atoms with Crippen LogP contribution in [0.2, 0.25) is 0 Å². The standard InChI is InChI=1S/C13H16N2OS2/c1-2-11(12-6-4-8-18-12)15-13(16)14-9-10-5-3-7-17-10/h3-8,11H,2,9H2,1H3,(H2,14,15,16). The normalized spacial score (nSPS) is 12.1. The number of rotatable bonds is 5. The van der Waals surface area contributed by atoms with Gasteiger partial charge in [0.05, 0.1) is 12.6 Å². The van der Waals surface area contributed by atoms with Crippen LogP contribution in [0.25, 0.3) is 0 Å². The van der Waals surface area contributed by atoms with Crippen LogP contribution in [0.1, 0.15) is 29.1 Å². The van der Waals surface area contributed by atoms with E-state index in [4.69, 9.17) is 0 Å². The molecule has 0 aliphatic rings. The highest BCUT2D eigenvalue weighted by Crippen LogP contribution is 2.21. The van der Waals surface area contributed by atoms with Gasteiger partial charge in [-0.2, -0.15) is 0 Å². The van der Waals surface area contributed by atoms with Crippen LogP contribution >= 0.6 is 22.7 Å². The molecule has 1 atom stereocenters. The first kappa shape index (κ1) is 13.1. The second-order valence-electron chi connectivity index (χ2n) is 3.88. The Bertz CT molecular complexity index is 465. The lowest BCUT2D eigenvalue weighted by Gasteiger charge is -2.15. The number of urea groups is 1. The van der Waals surface area contributed by atoms with Crippen LogP contribution in [0, 0.1) is 0 Å². The summed E-state index contributed by atoms with van der Waals surface area (Å²) in [7, 11) is 0. The van der Waals surface area contributed by atoms with E-state index in [1.807, 2.05) is 29.0 Å². The van der Waals surface area contributed by atoms with Crippen LogP contribution in [0.15, 0.2) is 35.0 Å². The zero-order valence-corrected chi connectivity index (χ0v) is 11.8. The van der Waals surface area contributed by atoms with Gasteiger partial charge >= 0.3 is 6.03 Å². The number of thiophene rings is 2. The van der Waals surface area contributed by atoms with E-state index in [-0.39, 0.29) is 12.1 Å². The quantitative estimate of drug-likeness (QED) is 0.860. The minimum Gasteiger partial charge on any atom is -0.333 e. The van der Waals surface area contributed by atoms with Gasteiger partial charge in [0.2, 0.25) is 0 Å². The predicted octanol–water partition coefficient (Wildman–Crippen LogP) is 3.76. The summed E-state index contributed by atoms with van der Waals surface area (Å²) < 4.78 is 0. The van der Waals surface area contributed by atoms with Gasteiger partial charge in [0, 0.05) is 9.75 Å². The lowest BCUT2D eigenvalue weighted by molar-refractivity contribution is 0.236. The maximum atomic E-state index is 11.8. The van der Waals surface area contributed by atoms with Crippen LogP contribution in [0.5, 0.6) is 0 Å². The van der Waals surface area contributed by atoms with E-state index >= 15 is 0 Å². The molecule has 0 fully saturated rings. The van der Waals surface area contributed by atoms with Crippen LogP contribution in [0.4, 0.5) is 4.79 Å². The van der Waals surface area contributed by atoms with Gasteiger partial charge in [-0.25, -0.2) is 4.79 Å². The molecular formula is C13H16N2OS2. The minimum absolute atomic E-state index is 0.105. The Morgan fingerprint density at radius 2 is 2.06 bits per heavy atom. The maximum Gasteiger partial charge on any atom is 0.315 e. The topological polar surface area (TPSA) is 41.1 Å². The largest absolute Gasteiger partial charge is 0.333 e. The highest BCUT2D eigenvalue weighted by atomic mass is 32.1. The SMILES string of the molecule is CCC(NC(=O)NCc1cccs1)c1cccs1. The summed E-state index contributed by atoms with van der Waals surface area (Å²) in [5.41, 5.74) is 0. The van der Waals surface area contributed by atoms with E-state index in [0.717, 1.165) is 11.3 Å². The molecule has 0 spiro atoms. The molecule has 0 radical (unpaired) electrons. The molecule has 2 rings (SSSR count). The zero-order valence-electron chi connectivity index (χ0n) is 10.2. The van der Waals surface area contributed by atoms with Crippen molar-refractivity contribution < 1.29 is 4.79 Å². The Morgan fingerprint density at radius 3 is 2.67 bits per heavy atom. The van der Waals surface area contributed by atoms with Crippen molar-refractivity contribution in [2.24, 2.45) is 0 Å². The molecular weight excluding hydrogens is 264 g/mol. The molecule has 0 saturated carbocycles. The Kier molecular flexibility index (Phi) is 4.78. The molecule has 0 saturated heterocycles. The third kappa shape index (κ3) is 3.58. The first-order chi connectivity index (χ1) is 8.79. The monoisotopic (exact) mass is 280 g/mol. The summed E-state index contributed by atoms with van der Waals surface area (Å²) in [5, 5.41) is 9.91. The van der Waals surface area contributed by atoms with Gasteiger partial charge in [-0.3, -0.25) is 0 Å². The number of hydrogen-bond donors (Lipinski definition) is 2. The Hall–Kier alpha value is -1.33. The summed E-state index contributed by atoms with van der Waals surface area (Å²) in [5.74, 6) is 0. The molecule has 2 aromatic rings. The van der Waals surface area contributed by atoms with Crippen molar-refractivity contribution in [3.8, 4) is 0 Å². The smallest absolute Gasteiger partial charge is 0.315 e. The van der Waals surface area contributed by atoms with E-state index in [1.54, 1.807) is 22.7 Å². The summed E-state index contributed by atoms with van der Waals surface area (Å²) in [6.07, 6.45) is 0.896. The lowest BCUT2D eigenvalue weighted by Crippen LogP contribution is -2.37. The molecule has 18 heavy (non-hydrogen) atoms. The van der Waals surface area contributed by atoms with E-state index in [0.29, 0.717) is 6.54 Å². The molecule has 1 unspecified atom stereocenters. The van der Waals surface area contributed by atoms with Crippen molar-refractivity contribution in [2.75, 3.05) is 0 Å². The van der Waals surface area contributed by atoms with Gasteiger partial charge in [0.15, 0.2) is 0 Å². The second-order valence-corrected chi connectivity index (χ2v) is 5.89. The van der Waals surface area contributed by atoms with Gasteiger partial charge in [-0.15, -0.1) is 22.7 Å². The average molecular weight is 280 g/mol. The van der Waals surface area contributed by atoms with Crippen molar-refractivity contribution in [1.29, 1.82) is 0 Å². The highest BCUT2D eigenvalue weighted by Gasteiger charge is 2.12. The second kappa shape index (κ2) is 6.56. The van der Waals surface area contributed by atoms with Gasteiger partial charge in [-0.1, -0.05) is 19.1 Å². The van der Waals surface area contributed by atoms with Gasteiger partial charge in [0.1, 0.15) is 0 Å². The lowest BCUT2D eigenvalue weighted by atomic mass is 10.2. The molecule has 96 valence electrons. The molecule has 2 amide bonds. The molecule has 0 bridgehead atoms. The minimum atomic E-state index is -0.108. The van der Waals surface area contributed by atoms with Crippen molar-refractivity contribution >= 4 is 28.7 Å². The van der Waals surface area contributed by atoms with Gasteiger partial charge in [0.25, 0.3) is 0 Å². The number of amides is 2.